The van der Waals surface area contributed by atoms with Gasteiger partial charge in [0.05, 0.1) is 11.5 Å². The Bertz CT molecular complexity index is 988. The van der Waals surface area contributed by atoms with Crippen molar-refractivity contribution in [3.8, 4) is 0 Å². The van der Waals surface area contributed by atoms with Crippen molar-refractivity contribution in [1.82, 2.24) is 9.80 Å². The van der Waals surface area contributed by atoms with Gasteiger partial charge in [-0.1, -0.05) is 69.3 Å². The van der Waals surface area contributed by atoms with Crippen LogP contribution >= 0.6 is 0 Å². The number of hydrogen-bond donors (Lipinski definition) is 1. The summed E-state index contributed by atoms with van der Waals surface area (Å²) < 4.78 is 0. The van der Waals surface area contributed by atoms with E-state index in [1.54, 1.807) is 13.8 Å². The zero-order valence-corrected chi connectivity index (χ0v) is 21.6. The minimum Gasteiger partial charge on any atom is -0.481 e. The maximum atomic E-state index is 12.8. The van der Waals surface area contributed by atoms with Gasteiger partial charge in [-0.3, -0.25) is 4.79 Å². The molecule has 3 rings (SSSR count). The topological polar surface area (TPSA) is 60.9 Å². The molecule has 2 aromatic rings. The molecular formula is C29H40N2O3. The van der Waals surface area contributed by atoms with Crippen molar-refractivity contribution in [2.45, 2.75) is 78.3 Å². The Morgan fingerprint density at radius 2 is 1.50 bits per heavy atom. The number of rotatable bonds is 9. The summed E-state index contributed by atoms with van der Waals surface area (Å²) in [4.78, 5) is 28.0. The summed E-state index contributed by atoms with van der Waals surface area (Å²) in [7, 11) is 1.91. The maximum Gasteiger partial charge on any atom is 0.320 e. The molecule has 5 nitrogen and oxygen atoms in total. The molecule has 184 valence electrons. The van der Waals surface area contributed by atoms with E-state index in [-0.39, 0.29) is 17.5 Å². The van der Waals surface area contributed by atoms with Crippen molar-refractivity contribution in [2.75, 3.05) is 13.6 Å². The van der Waals surface area contributed by atoms with Crippen molar-refractivity contribution >= 4 is 12.0 Å². The molecule has 1 fully saturated rings. The van der Waals surface area contributed by atoms with Gasteiger partial charge >= 0.3 is 12.0 Å². The molecule has 1 aliphatic heterocycles. The van der Waals surface area contributed by atoms with E-state index >= 15 is 0 Å². The summed E-state index contributed by atoms with van der Waals surface area (Å²) in [6.45, 7) is 11.6. The highest BCUT2D eigenvalue weighted by Crippen LogP contribution is 2.25. The lowest BCUT2D eigenvalue weighted by molar-refractivity contribution is -0.146. The van der Waals surface area contributed by atoms with Gasteiger partial charge in [0.1, 0.15) is 0 Å². The molecule has 1 atom stereocenters. The number of hydrogen-bond acceptors (Lipinski definition) is 2. The van der Waals surface area contributed by atoms with Gasteiger partial charge in [-0.2, -0.15) is 0 Å². The molecule has 2 aromatic carbocycles. The van der Waals surface area contributed by atoms with E-state index in [1.807, 2.05) is 29.0 Å². The summed E-state index contributed by atoms with van der Waals surface area (Å²) in [5.41, 5.74) is 4.13. The normalized spacial score (nSPS) is 16.9. The third-order valence-electron chi connectivity index (χ3n) is 7.00. The highest BCUT2D eigenvalue weighted by atomic mass is 16.4. The lowest BCUT2D eigenvalue weighted by atomic mass is 9.85. The predicted octanol–water partition coefficient (Wildman–Crippen LogP) is 5.90. The number of likely N-dealkylation sites (N-methyl/N-ethyl adjacent to an activating group) is 1. The zero-order valence-electron chi connectivity index (χ0n) is 21.6. The van der Waals surface area contributed by atoms with Crippen LogP contribution in [0, 0.1) is 5.41 Å². The summed E-state index contributed by atoms with van der Waals surface area (Å²) in [6, 6.07) is 17.2. The Kier molecular flexibility index (Phi) is 7.74. The SMILES string of the molecule is CN1C(=O)N(Cc2ccc(C(C)(C)C)cc2)CC1CCCc1ccc(CC(C)(C)C(=O)O)cc1. The van der Waals surface area contributed by atoms with Crippen molar-refractivity contribution in [1.29, 1.82) is 0 Å². The number of urea groups is 1. The summed E-state index contributed by atoms with van der Waals surface area (Å²) >= 11 is 0. The highest BCUT2D eigenvalue weighted by Gasteiger charge is 2.34. The molecular weight excluding hydrogens is 424 g/mol. The van der Waals surface area contributed by atoms with E-state index in [0.717, 1.165) is 31.4 Å². The number of benzene rings is 2. The van der Waals surface area contributed by atoms with Crippen molar-refractivity contribution in [3.63, 3.8) is 0 Å². The number of nitrogens with zero attached hydrogens (tertiary/aromatic N) is 2. The first-order valence-corrected chi connectivity index (χ1v) is 12.3. The minimum absolute atomic E-state index is 0.107. The largest absolute Gasteiger partial charge is 0.481 e. The smallest absolute Gasteiger partial charge is 0.320 e. The molecule has 1 unspecified atom stereocenters. The minimum atomic E-state index is -0.775. The Labute approximate surface area is 204 Å². The second-order valence-electron chi connectivity index (χ2n) is 11.4. The Morgan fingerprint density at radius 3 is 2.06 bits per heavy atom. The fraction of sp³-hybridized carbons (Fsp3) is 0.517. The fourth-order valence-corrected chi connectivity index (χ4v) is 4.53. The summed E-state index contributed by atoms with van der Waals surface area (Å²) in [5.74, 6) is -0.775. The number of carboxylic acid groups (broad SMARTS) is 1. The van der Waals surface area contributed by atoms with Gasteiger partial charge in [0.25, 0.3) is 0 Å². The van der Waals surface area contributed by atoms with Gasteiger partial charge in [0.15, 0.2) is 0 Å². The van der Waals surface area contributed by atoms with E-state index in [0.29, 0.717) is 13.0 Å². The van der Waals surface area contributed by atoms with Crippen LogP contribution in [0.4, 0.5) is 4.79 Å². The summed E-state index contributed by atoms with van der Waals surface area (Å²) in [5, 5.41) is 9.33. The Morgan fingerprint density at radius 1 is 0.941 bits per heavy atom. The van der Waals surface area contributed by atoms with Crippen molar-refractivity contribution in [3.05, 3.63) is 70.8 Å². The number of carbonyl (C=O) groups excluding carboxylic acids is 1. The van der Waals surface area contributed by atoms with E-state index in [4.69, 9.17) is 0 Å². The van der Waals surface area contributed by atoms with Crippen molar-refractivity contribution in [2.24, 2.45) is 5.41 Å². The Balaban J connectivity index is 1.49. The Hall–Kier alpha value is -2.82. The molecule has 1 heterocycles. The molecule has 0 saturated carbocycles. The average Bonchev–Trinajstić information content (AvgIpc) is 3.02. The second-order valence-corrected chi connectivity index (χ2v) is 11.4. The molecule has 0 bridgehead atoms. The summed E-state index contributed by atoms with van der Waals surface area (Å²) in [6.07, 6.45) is 3.45. The standard InChI is InChI=1S/C29H40N2O3/c1-28(2,3)24-16-14-23(15-17-24)19-31-20-25(30(6)27(31)34)9-7-8-21-10-12-22(13-11-21)18-29(4,5)26(32)33/h10-17,25H,7-9,18-20H2,1-6H3,(H,32,33). The number of amides is 2. The molecule has 2 amide bonds. The van der Waals surface area contributed by atoms with Crippen LogP contribution in [0.2, 0.25) is 0 Å². The third kappa shape index (κ3) is 6.40. The molecule has 0 spiro atoms. The van der Waals surface area contributed by atoms with E-state index in [2.05, 4.69) is 57.2 Å². The molecule has 1 N–H and O–H groups in total. The van der Waals surface area contributed by atoms with Gasteiger partial charge in [-0.05, 0) is 67.2 Å². The van der Waals surface area contributed by atoms with Crippen LogP contribution in [0.15, 0.2) is 48.5 Å². The van der Waals surface area contributed by atoms with E-state index in [1.165, 1.54) is 16.7 Å². The fourth-order valence-electron chi connectivity index (χ4n) is 4.53. The molecule has 0 radical (unpaired) electrons. The van der Waals surface area contributed by atoms with E-state index in [9.17, 15) is 14.7 Å². The second kappa shape index (κ2) is 10.2. The highest BCUT2D eigenvalue weighted by molar-refractivity contribution is 5.77. The molecule has 5 heteroatoms. The first-order valence-electron chi connectivity index (χ1n) is 12.3. The van der Waals surface area contributed by atoms with Crippen LogP contribution in [-0.2, 0) is 29.6 Å². The maximum absolute atomic E-state index is 12.8. The van der Waals surface area contributed by atoms with Gasteiger partial charge in [-0.15, -0.1) is 0 Å². The zero-order chi connectivity index (χ0) is 25.1. The monoisotopic (exact) mass is 464 g/mol. The van der Waals surface area contributed by atoms with Crippen LogP contribution in [0.5, 0.6) is 0 Å². The molecule has 0 aromatic heterocycles. The lowest BCUT2D eigenvalue weighted by Crippen LogP contribution is -2.31. The molecule has 34 heavy (non-hydrogen) atoms. The van der Waals surface area contributed by atoms with Crippen LogP contribution < -0.4 is 0 Å². The number of aryl methyl sites for hydroxylation is 1. The van der Waals surface area contributed by atoms with Crippen molar-refractivity contribution < 1.29 is 14.7 Å². The third-order valence-corrected chi connectivity index (χ3v) is 7.00. The molecule has 1 saturated heterocycles. The number of carboxylic acids is 1. The van der Waals surface area contributed by atoms with Gasteiger partial charge in [0.2, 0.25) is 0 Å². The average molecular weight is 465 g/mol. The quantitative estimate of drug-likeness (QED) is 0.503. The van der Waals surface area contributed by atoms with Gasteiger partial charge in [0, 0.05) is 20.1 Å². The van der Waals surface area contributed by atoms with Crippen LogP contribution in [0.25, 0.3) is 0 Å². The van der Waals surface area contributed by atoms with Crippen LogP contribution in [-0.4, -0.2) is 46.5 Å². The number of aliphatic carboxylic acids is 1. The molecule has 0 aliphatic carbocycles. The number of carbonyl (C=O) groups is 2. The first-order chi connectivity index (χ1) is 15.9. The lowest BCUT2D eigenvalue weighted by Gasteiger charge is -2.20. The van der Waals surface area contributed by atoms with Crippen LogP contribution in [0.3, 0.4) is 0 Å². The van der Waals surface area contributed by atoms with Gasteiger partial charge in [-0.25, -0.2) is 4.79 Å². The van der Waals surface area contributed by atoms with Crippen LogP contribution in [0.1, 0.15) is 69.7 Å². The molecule has 1 aliphatic rings. The van der Waals surface area contributed by atoms with Gasteiger partial charge < -0.3 is 14.9 Å². The van der Waals surface area contributed by atoms with E-state index < -0.39 is 11.4 Å². The first kappa shape index (κ1) is 25.8. The predicted molar refractivity (Wildman–Crippen MR) is 137 cm³/mol.